The Morgan fingerprint density at radius 2 is 1.80 bits per heavy atom. The van der Waals surface area contributed by atoms with E-state index >= 15 is 0 Å². The molecule has 0 spiro atoms. The van der Waals surface area contributed by atoms with Crippen molar-refractivity contribution in [1.29, 1.82) is 0 Å². The lowest BCUT2D eigenvalue weighted by Gasteiger charge is -2.11. The van der Waals surface area contributed by atoms with Crippen LogP contribution in [0.2, 0.25) is 0 Å². The number of hydrogen-bond donors (Lipinski definition) is 3. The fourth-order valence-corrected chi connectivity index (χ4v) is 3.00. The zero-order valence-electron chi connectivity index (χ0n) is 14.8. The largest absolute Gasteiger partial charge is 0.357 e. The molecule has 0 aliphatic rings. The Morgan fingerprint density at radius 3 is 2.44 bits per heavy atom. The van der Waals surface area contributed by atoms with Crippen molar-refractivity contribution in [3.05, 3.63) is 57.8 Å². The molecule has 1 aromatic carbocycles. The lowest BCUT2D eigenvalue weighted by atomic mass is 10.1. The van der Waals surface area contributed by atoms with E-state index < -0.39 is 0 Å². The molecule has 5 nitrogen and oxygen atoms in total. The number of carbonyl (C=O) groups is 1. The molecule has 0 bridgehead atoms. The van der Waals surface area contributed by atoms with E-state index in [-0.39, 0.29) is 5.91 Å². The zero-order chi connectivity index (χ0) is 17.9. The monoisotopic (exact) mass is 358 g/mol. The first-order valence-corrected chi connectivity index (χ1v) is 9.52. The van der Waals surface area contributed by atoms with Crippen molar-refractivity contribution in [2.75, 3.05) is 19.6 Å². The average molecular weight is 359 g/mol. The number of carbonyl (C=O) groups excluding carboxylic acids is 1. The van der Waals surface area contributed by atoms with Crippen LogP contribution >= 0.6 is 11.3 Å². The third-order valence-corrected chi connectivity index (χ3v) is 4.50. The molecule has 1 aromatic heterocycles. The van der Waals surface area contributed by atoms with Gasteiger partial charge in [-0.1, -0.05) is 18.2 Å². The molecule has 0 aliphatic heterocycles. The van der Waals surface area contributed by atoms with Crippen LogP contribution in [-0.2, 0) is 13.0 Å². The molecule has 0 unspecified atom stereocenters. The number of thiophene rings is 1. The maximum Gasteiger partial charge on any atom is 0.251 e. The Morgan fingerprint density at radius 1 is 1.04 bits per heavy atom. The van der Waals surface area contributed by atoms with E-state index in [2.05, 4.69) is 45.4 Å². The normalized spacial score (nSPS) is 11.2. The van der Waals surface area contributed by atoms with Gasteiger partial charge in [0.1, 0.15) is 0 Å². The third kappa shape index (κ3) is 6.58. The Balaban J connectivity index is 1.87. The number of amides is 1. The number of benzene rings is 1. The summed E-state index contributed by atoms with van der Waals surface area (Å²) >= 11 is 1.77. The maximum absolute atomic E-state index is 11.8. The Bertz CT molecular complexity index is 665. The standard InChI is InChI=1S/C19H26N4OS/c1-3-20-18(24)16-9-7-15(8-10-16)14-23-19(21-4-2)22-12-11-17-6-5-13-25-17/h5-10,13H,3-4,11-12,14H2,1-2H3,(H,20,24)(H2,21,22,23). The Hall–Kier alpha value is -2.34. The summed E-state index contributed by atoms with van der Waals surface area (Å²) in [7, 11) is 0. The smallest absolute Gasteiger partial charge is 0.251 e. The van der Waals surface area contributed by atoms with Crippen molar-refractivity contribution < 1.29 is 4.79 Å². The molecule has 0 fully saturated rings. The van der Waals surface area contributed by atoms with Gasteiger partial charge in [-0.05, 0) is 49.4 Å². The first-order chi connectivity index (χ1) is 12.2. The van der Waals surface area contributed by atoms with Gasteiger partial charge in [-0.15, -0.1) is 11.3 Å². The quantitative estimate of drug-likeness (QED) is 0.502. The summed E-state index contributed by atoms with van der Waals surface area (Å²) in [4.78, 5) is 17.7. The molecule has 0 saturated carbocycles. The molecule has 2 rings (SSSR count). The summed E-state index contributed by atoms with van der Waals surface area (Å²) < 4.78 is 0. The minimum absolute atomic E-state index is 0.0406. The van der Waals surface area contributed by atoms with Gasteiger partial charge in [-0.25, -0.2) is 4.99 Å². The van der Waals surface area contributed by atoms with Crippen molar-refractivity contribution in [2.24, 2.45) is 4.99 Å². The second-order valence-corrected chi connectivity index (χ2v) is 6.54. The second-order valence-electron chi connectivity index (χ2n) is 5.51. The summed E-state index contributed by atoms with van der Waals surface area (Å²) in [6.45, 7) is 6.84. The van der Waals surface area contributed by atoms with E-state index in [1.165, 1.54) is 4.88 Å². The van der Waals surface area contributed by atoms with Gasteiger partial charge < -0.3 is 16.0 Å². The molecule has 2 aromatic rings. The van der Waals surface area contributed by atoms with Crippen LogP contribution in [0, 0.1) is 0 Å². The average Bonchev–Trinajstić information content (AvgIpc) is 3.14. The van der Waals surface area contributed by atoms with Crippen LogP contribution in [0.3, 0.4) is 0 Å². The number of aliphatic imine (C=N–C) groups is 1. The summed E-state index contributed by atoms with van der Waals surface area (Å²) in [5.41, 5.74) is 1.75. The summed E-state index contributed by atoms with van der Waals surface area (Å²) in [6, 6.07) is 11.8. The summed E-state index contributed by atoms with van der Waals surface area (Å²) in [6.07, 6.45) is 0.989. The molecular weight excluding hydrogens is 332 g/mol. The van der Waals surface area contributed by atoms with E-state index in [0.717, 1.165) is 31.0 Å². The number of guanidine groups is 1. The van der Waals surface area contributed by atoms with Gasteiger partial charge in [0, 0.05) is 30.1 Å². The van der Waals surface area contributed by atoms with Crippen molar-refractivity contribution in [3.63, 3.8) is 0 Å². The van der Waals surface area contributed by atoms with Crippen molar-refractivity contribution in [3.8, 4) is 0 Å². The summed E-state index contributed by atoms with van der Waals surface area (Å²) in [5.74, 6) is 0.771. The fraction of sp³-hybridized carbons (Fsp3) is 0.368. The van der Waals surface area contributed by atoms with Gasteiger partial charge >= 0.3 is 0 Å². The molecule has 0 atom stereocenters. The Kier molecular flexibility index (Phi) is 7.98. The highest BCUT2D eigenvalue weighted by atomic mass is 32.1. The van der Waals surface area contributed by atoms with Gasteiger partial charge in [0.15, 0.2) is 5.96 Å². The second kappa shape index (κ2) is 10.5. The fourth-order valence-electron chi connectivity index (χ4n) is 2.30. The van der Waals surface area contributed by atoms with Crippen molar-refractivity contribution in [1.82, 2.24) is 16.0 Å². The number of hydrogen-bond acceptors (Lipinski definition) is 3. The summed E-state index contributed by atoms with van der Waals surface area (Å²) in [5, 5.41) is 11.5. The van der Waals surface area contributed by atoms with Crippen LogP contribution in [0.5, 0.6) is 0 Å². The minimum Gasteiger partial charge on any atom is -0.357 e. The third-order valence-electron chi connectivity index (χ3n) is 3.56. The van der Waals surface area contributed by atoms with E-state index in [1.54, 1.807) is 11.3 Å². The van der Waals surface area contributed by atoms with Gasteiger partial charge in [0.2, 0.25) is 0 Å². The van der Waals surface area contributed by atoms with Gasteiger partial charge in [-0.3, -0.25) is 4.79 Å². The maximum atomic E-state index is 11.8. The number of nitrogens with zero attached hydrogens (tertiary/aromatic N) is 1. The molecule has 134 valence electrons. The molecule has 6 heteroatoms. The topological polar surface area (TPSA) is 65.5 Å². The highest BCUT2D eigenvalue weighted by molar-refractivity contribution is 7.09. The zero-order valence-corrected chi connectivity index (χ0v) is 15.7. The van der Waals surface area contributed by atoms with E-state index in [4.69, 9.17) is 0 Å². The molecule has 3 N–H and O–H groups in total. The lowest BCUT2D eigenvalue weighted by Crippen LogP contribution is -2.38. The molecule has 25 heavy (non-hydrogen) atoms. The van der Waals surface area contributed by atoms with Crippen LogP contribution in [0.15, 0.2) is 46.8 Å². The predicted molar refractivity (Wildman–Crippen MR) is 105 cm³/mol. The first kappa shape index (κ1) is 19.0. The highest BCUT2D eigenvalue weighted by Crippen LogP contribution is 2.08. The van der Waals surface area contributed by atoms with Crippen LogP contribution in [0.1, 0.15) is 34.6 Å². The van der Waals surface area contributed by atoms with E-state index in [0.29, 0.717) is 18.7 Å². The van der Waals surface area contributed by atoms with Crippen LogP contribution in [-0.4, -0.2) is 31.5 Å². The van der Waals surface area contributed by atoms with Gasteiger partial charge in [0.05, 0.1) is 6.54 Å². The first-order valence-electron chi connectivity index (χ1n) is 8.64. The molecule has 1 amide bonds. The van der Waals surface area contributed by atoms with Crippen molar-refractivity contribution >= 4 is 23.2 Å². The van der Waals surface area contributed by atoms with Crippen LogP contribution in [0.25, 0.3) is 0 Å². The SMILES string of the molecule is CCNC(=O)c1ccc(CN=C(NCC)NCCc2cccs2)cc1. The number of nitrogens with one attached hydrogen (secondary N) is 3. The minimum atomic E-state index is -0.0406. The van der Waals surface area contributed by atoms with Crippen molar-refractivity contribution in [2.45, 2.75) is 26.8 Å². The Labute approximate surface area is 153 Å². The predicted octanol–water partition coefficient (Wildman–Crippen LogP) is 2.80. The molecule has 1 heterocycles. The highest BCUT2D eigenvalue weighted by Gasteiger charge is 2.04. The molecule has 0 aliphatic carbocycles. The molecule has 0 radical (unpaired) electrons. The molecular formula is C19H26N4OS. The number of rotatable bonds is 8. The lowest BCUT2D eigenvalue weighted by molar-refractivity contribution is 0.0956. The van der Waals surface area contributed by atoms with E-state index in [9.17, 15) is 4.79 Å². The van der Waals surface area contributed by atoms with Gasteiger partial charge in [-0.2, -0.15) is 0 Å². The van der Waals surface area contributed by atoms with Gasteiger partial charge in [0.25, 0.3) is 5.91 Å². The molecule has 0 saturated heterocycles. The van der Waals surface area contributed by atoms with Crippen LogP contribution < -0.4 is 16.0 Å². The van der Waals surface area contributed by atoms with Crippen LogP contribution in [0.4, 0.5) is 0 Å². The van der Waals surface area contributed by atoms with E-state index in [1.807, 2.05) is 31.2 Å².